The van der Waals surface area contributed by atoms with Gasteiger partial charge >= 0.3 is 0 Å². The average Bonchev–Trinajstić information content (AvgIpc) is 2.18. The van der Waals surface area contributed by atoms with Gasteiger partial charge in [0.25, 0.3) is 0 Å². The maximum atomic E-state index is 4.33. The molecule has 0 amide bonds. The molecule has 14 heavy (non-hydrogen) atoms. The minimum atomic E-state index is 1.08. The summed E-state index contributed by atoms with van der Waals surface area (Å²) in [5.41, 5.74) is 1.42. The van der Waals surface area contributed by atoms with Gasteiger partial charge in [-0.25, -0.2) is 0 Å². The zero-order valence-electron chi connectivity index (χ0n) is 9.00. The first-order chi connectivity index (χ1) is 6.83. The van der Waals surface area contributed by atoms with Crippen LogP contribution in [0.2, 0.25) is 0 Å². The van der Waals surface area contributed by atoms with Crippen LogP contribution in [0.3, 0.4) is 0 Å². The number of unbranched alkanes of at least 4 members (excludes halogenated alkanes) is 4. The molecule has 1 aromatic carbocycles. The van der Waals surface area contributed by atoms with Gasteiger partial charge in [-0.15, -0.1) is 12.6 Å². The van der Waals surface area contributed by atoms with Crippen molar-refractivity contribution in [1.82, 2.24) is 0 Å². The number of rotatable bonds is 6. The predicted molar refractivity (Wildman–Crippen MR) is 66.2 cm³/mol. The molecule has 1 aromatic rings. The first-order valence-corrected chi connectivity index (χ1v) is 6.05. The molecule has 0 bridgehead atoms. The SMILES string of the molecule is CCCCCCCc1cccc(S)c1. The maximum absolute atomic E-state index is 4.33. The van der Waals surface area contributed by atoms with Gasteiger partial charge in [-0.2, -0.15) is 0 Å². The van der Waals surface area contributed by atoms with E-state index in [0.29, 0.717) is 0 Å². The minimum absolute atomic E-state index is 1.08. The molecule has 0 aliphatic heterocycles. The summed E-state index contributed by atoms with van der Waals surface area (Å²) in [5.74, 6) is 0. The van der Waals surface area contributed by atoms with Crippen molar-refractivity contribution >= 4 is 12.6 Å². The molecule has 0 heterocycles. The van der Waals surface area contributed by atoms with Crippen LogP contribution >= 0.6 is 12.6 Å². The molecule has 0 aliphatic carbocycles. The molecule has 0 spiro atoms. The van der Waals surface area contributed by atoms with Crippen LogP contribution < -0.4 is 0 Å². The lowest BCUT2D eigenvalue weighted by Crippen LogP contribution is -1.85. The molecule has 0 nitrogen and oxygen atoms in total. The van der Waals surface area contributed by atoms with Crippen LogP contribution in [0.5, 0.6) is 0 Å². The van der Waals surface area contributed by atoms with E-state index in [1.165, 1.54) is 44.1 Å². The van der Waals surface area contributed by atoms with Crippen molar-refractivity contribution in [2.45, 2.75) is 50.3 Å². The van der Waals surface area contributed by atoms with E-state index in [1.54, 1.807) is 0 Å². The number of hydrogen-bond acceptors (Lipinski definition) is 1. The summed E-state index contributed by atoms with van der Waals surface area (Å²) in [6, 6.07) is 8.48. The van der Waals surface area contributed by atoms with E-state index in [0.717, 1.165) is 4.90 Å². The molecule has 0 N–H and O–H groups in total. The first kappa shape index (κ1) is 11.6. The van der Waals surface area contributed by atoms with Crippen LogP contribution in [0.25, 0.3) is 0 Å². The molecule has 0 unspecified atom stereocenters. The van der Waals surface area contributed by atoms with E-state index < -0.39 is 0 Å². The topological polar surface area (TPSA) is 0 Å². The number of thiol groups is 1. The third-order valence-corrected chi connectivity index (χ3v) is 2.76. The minimum Gasteiger partial charge on any atom is -0.143 e. The summed E-state index contributed by atoms with van der Waals surface area (Å²) in [4.78, 5) is 1.08. The van der Waals surface area contributed by atoms with Crippen LogP contribution in [0.15, 0.2) is 29.2 Å². The van der Waals surface area contributed by atoms with Crippen LogP contribution in [0, 0.1) is 0 Å². The second-order valence-corrected chi connectivity index (χ2v) is 4.35. The second-order valence-electron chi connectivity index (χ2n) is 3.83. The van der Waals surface area contributed by atoms with Crippen molar-refractivity contribution < 1.29 is 0 Å². The normalized spacial score (nSPS) is 10.4. The standard InChI is InChI=1S/C13H20S/c1-2-3-4-5-6-8-12-9-7-10-13(14)11-12/h7,9-11,14H,2-6,8H2,1H3. The third-order valence-electron chi connectivity index (χ3n) is 2.48. The van der Waals surface area contributed by atoms with Gasteiger partial charge in [0.2, 0.25) is 0 Å². The van der Waals surface area contributed by atoms with E-state index in [-0.39, 0.29) is 0 Å². The Kier molecular flexibility index (Phi) is 5.77. The van der Waals surface area contributed by atoms with Gasteiger partial charge < -0.3 is 0 Å². The van der Waals surface area contributed by atoms with Crippen LogP contribution in [-0.2, 0) is 6.42 Å². The number of hydrogen-bond donors (Lipinski definition) is 1. The Morgan fingerprint density at radius 2 is 1.86 bits per heavy atom. The average molecular weight is 208 g/mol. The molecule has 0 aliphatic rings. The zero-order valence-corrected chi connectivity index (χ0v) is 9.89. The van der Waals surface area contributed by atoms with Crippen molar-refractivity contribution in [2.24, 2.45) is 0 Å². The summed E-state index contributed by atoms with van der Waals surface area (Å²) in [6.07, 6.45) is 7.98. The molecule has 0 fully saturated rings. The Labute approximate surface area is 93.1 Å². The molecular weight excluding hydrogens is 188 g/mol. The quantitative estimate of drug-likeness (QED) is 0.517. The lowest BCUT2D eigenvalue weighted by molar-refractivity contribution is 0.632. The summed E-state index contributed by atoms with van der Waals surface area (Å²) in [5, 5.41) is 0. The summed E-state index contributed by atoms with van der Waals surface area (Å²) < 4.78 is 0. The van der Waals surface area contributed by atoms with Gasteiger partial charge in [0.05, 0.1) is 0 Å². The summed E-state index contributed by atoms with van der Waals surface area (Å²) >= 11 is 4.33. The third kappa shape index (κ3) is 4.71. The molecule has 0 saturated heterocycles. The molecule has 0 atom stereocenters. The Morgan fingerprint density at radius 3 is 2.57 bits per heavy atom. The van der Waals surface area contributed by atoms with Crippen molar-refractivity contribution in [3.8, 4) is 0 Å². The number of benzene rings is 1. The second kappa shape index (κ2) is 6.94. The highest BCUT2D eigenvalue weighted by atomic mass is 32.1. The van der Waals surface area contributed by atoms with E-state index >= 15 is 0 Å². The number of aryl methyl sites for hydroxylation is 1. The lowest BCUT2D eigenvalue weighted by atomic mass is 10.1. The van der Waals surface area contributed by atoms with Crippen molar-refractivity contribution in [2.75, 3.05) is 0 Å². The molecule has 78 valence electrons. The van der Waals surface area contributed by atoms with E-state index in [1.807, 2.05) is 6.07 Å². The van der Waals surface area contributed by atoms with Gasteiger partial charge in [-0.3, -0.25) is 0 Å². The van der Waals surface area contributed by atoms with Gasteiger partial charge in [-0.05, 0) is 30.5 Å². The highest BCUT2D eigenvalue weighted by molar-refractivity contribution is 7.80. The maximum Gasteiger partial charge on any atom is 0.00427 e. The molecular formula is C13H20S. The molecule has 0 saturated carbocycles. The van der Waals surface area contributed by atoms with Gasteiger partial charge in [0, 0.05) is 4.90 Å². The summed E-state index contributed by atoms with van der Waals surface area (Å²) in [7, 11) is 0. The van der Waals surface area contributed by atoms with Crippen molar-refractivity contribution in [3.05, 3.63) is 29.8 Å². The molecule has 1 heteroatoms. The zero-order chi connectivity index (χ0) is 10.2. The predicted octanol–water partition coefficient (Wildman–Crippen LogP) is 4.49. The van der Waals surface area contributed by atoms with E-state index in [4.69, 9.17) is 0 Å². The van der Waals surface area contributed by atoms with Gasteiger partial charge in [-0.1, -0.05) is 44.7 Å². The Balaban J connectivity index is 2.18. The Bertz CT molecular complexity index is 255. The lowest BCUT2D eigenvalue weighted by Gasteiger charge is -2.02. The fourth-order valence-electron chi connectivity index (χ4n) is 1.64. The monoisotopic (exact) mass is 208 g/mol. The fraction of sp³-hybridized carbons (Fsp3) is 0.538. The molecule has 0 aromatic heterocycles. The Morgan fingerprint density at radius 1 is 1.07 bits per heavy atom. The highest BCUT2D eigenvalue weighted by Crippen LogP contribution is 2.12. The molecule has 1 rings (SSSR count). The van der Waals surface area contributed by atoms with Gasteiger partial charge in [0.15, 0.2) is 0 Å². The Hall–Kier alpha value is -0.430. The fourth-order valence-corrected chi connectivity index (χ4v) is 1.90. The van der Waals surface area contributed by atoms with Crippen LogP contribution in [0.1, 0.15) is 44.6 Å². The van der Waals surface area contributed by atoms with E-state index in [9.17, 15) is 0 Å². The molecule has 0 radical (unpaired) electrons. The summed E-state index contributed by atoms with van der Waals surface area (Å²) in [6.45, 7) is 2.25. The van der Waals surface area contributed by atoms with Crippen LogP contribution in [0.4, 0.5) is 0 Å². The first-order valence-electron chi connectivity index (χ1n) is 5.61. The van der Waals surface area contributed by atoms with Crippen molar-refractivity contribution in [1.29, 1.82) is 0 Å². The van der Waals surface area contributed by atoms with E-state index in [2.05, 4.69) is 37.8 Å². The van der Waals surface area contributed by atoms with Gasteiger partial charge in [0.1, 0.15) is 0 Å². The highest BCUT2D eigenvalue weighted by Gasteiger charge is 1.94. The van der Waals surface area contributed by atoms with Crippen LogP contribution in [-0.4, -0.2) is 0 Å². The smallest absolute Gasteiger partial charge is 0.00427 e. The van der Waals surface area contributed by atoms with Crippen molar-refractivity contribution in [3.63, 3.8) is 0 Å². The largest absolute Gasteiger partial charge is 0.143 e.